The Bertz CT molecular complexity index is 1030. The smallest absolute Gasteiger partial charge is 0.234 e. The number of amides is 2. The third-order valence-corrected chi connectivity index (χ3v) is 6.21. The molecule has 0 atom stereocenters. The number of aromatic nitrogens is 2. The average Bonchev–Trinajstić information content (AvgIpc) is 2.90. The maximum atomic E-state index is 12.4. The Morgan fingerprint density at radius 2 is 1.93 bits per heavy atom. The molecule has 2 amide bonds. The van der Waals surface area contributed by atoms with Crippen molar-refractivity contribution >= 4 is 56.5 Å². The normalized spacial score (nSPS) is 10.8. The summed E-state index contributed by atoms with van der Waals surface area (Å²) in [4.78, 5) is 34.5. The van der Waals surface area contributed by atoms with Crippen molar-refractivity contribution in [2.45, 2.75) is 32.7 Å². The van der Waals surface area contributed by atoms with Gasteiger partial charge in [-0.2, -0.15) is 0 Å². The van der Waals surface area contributed by atoms with Crippen molar-refractivity contribution in [3.05, 3.63) is 40.5 Å². The molecule has 3 aromatic rings. The highest BCUT2D eigenvalue weighted by molar-refractivity contribution is 8.00. The van der Waals surface area contributed by atoms with Gasteiger partial charge in [-0.05, 0) is 44.0 Å². The van der Waals surface area contributed by atoms with Crippen LogP contribution in [0.25, 0.3) is 10.2 Å². The highest BCUT2D eigenvalue weighted by Crippen LogP contribution is 2.34. The van der Waals surface area contributed by atoms with Crippen molar-refractivity contribution in [2.24, 2.45) is 0 Å². The monoisotopic (exact) mass is 400 g/mol. The van der Waals surface area contributed by atoms with Gasteiger partial charge in [-0.25, -0.2) is 9.97 Å². The summed E-state index contributed by atoms with van der Waals surface area (Å²) in [6, 6.07) is 5.44. The highest BCUT2D eigenvalue weighted by Gasteiger charge is 2.14. The van der Waals surface area contributed by atoms with Crippen LogP contribution in [0.2, 0.25) is 0 Å². The predicted octanol–water partition coefficient (Wildman–Crippen LogP) is 4.31. The van der Waals surface area contributed by atoms with E-state index in [0.717, 1.165) is 26.4 Å². The van der Waals surface area contributed by atoms with E-state index >= 15 is 0 Å². The number of nitrogens with one attached hydrogen (secondary N) is 2. The topological polar surface area (TPSA) is 84.0 Å². The van der Waals surface area contributed by atoms with Crippen LogP contribution in [0.1, 0.15) is 22.9 Å². The van der Waals surface area contributed by atoms with E-state index in [1.165, 1.54) is 29.9 Å². The van der Waals surface area contributed by atoms with Gasteiger partial charge in [0.25, 0.3) is 0 Å². The Labute approximate surface area is 165 Å². The van der Waals surface area contributed by atoms with E-state index in [0.29, 0.717) is 11.4 Å². The van der Waals surface area contributed by atoms with Crippen molar-refractivity contribution in [3.8, 4) is 0 Å². The Hall–Kier alpha value is -2.45. The summed E-state index contributed by atoms with van der Waals surface area (Å²) in [5, 5.41) is 7.48. The van der Waals surface area contributed by atoms with Gasteiger partial charge in [-0.3, -0.25) is 9.59 Å². The number of hydrogen-bond acceptors (Lipinski definition) is 6. The molecule has 0 aliphatic rings. The number of rotatable bonds is 5. The molecule has 0 aliphatic heterocycles. The summed E-state index contributed by atoms with van der Waals surface area (Å²) in [6.45, 7) is 7.47. The lowest BCUT2D eigenvalue weighted by Gasteiger charge is -2.10. The maximum Gasteiger partial charge on any atom is 0.234 e. The number of hydrogen-bond donors (Lipinski definition) is 2. The number of fused-ring (bicyclic) bond motifs is 1. The first-order valence-electron chi connectivity index (χ1n) is 8.36. The molecule has 2 heterocycles. The Balaban J connectivity index is 1.70. The molecule has 0 unspecified atom stereocenters. The summed E-state index contributed by atoms with van der Waals surface area (Å²) in [5.74, 6) is -0.0376. The van der Waals surface area contributed by atoms with Crippen molar-refractivity contribution in [2.75, 3.05) is 16.4 Å². The molecule has 3 rings (SSSR count). The van der Waals surface area contributed by atoms with Crippen molar-refractivity contribution in [3.63, 3.8) is 0 Å². The van der Waals surface area contributed by atoms with Gasteiger partial charge in [0.2, 0.25) is 11.8 Å². The molecular formula is C19H20N4O2S2. The average molecular weight is 401 g/mol. The molecule has 1 aromatic carbocycles. The third-order valence-electron chi connectivity index (χ3n) is 4.10. The van der Waals surface area contributed by atoms with Gasteiger partial charge in [-0.1, -0.05) is 17.8 Å². The molecule has 0 saturated carbocycles. The van der Waals surface area contributed by atoms with Gasteiger partial charge in [0.15, 0.2) is 0 Å². The molecule has 0 aliphatic carbocycles. The van der Waals surface area contributed by atoms with Crippen LogP contribution in [-0.4, -0.2) is 27.5 Å². The fourth-order valence-corrected chi connectivity index (χ4v) is 4.53. The number of thioether (sulfide) groups is 1. The number of thiophene rings is 1. The molecule has 0 radical (unpaired) electrons. The molecule has 140 valence electrons. The molecule has 0 spiro atoms. The SMILES string of the molecule is CC(=O)Nc1cc(NC(=O)CSc2ncnc3sc(C)c(C)c23)ccc1C. The molecule has 27 heavy (non-hydrogen) atoms. The van der Waals surface area contributed by atoms with Crippen LogP contribution in [0.3, 0.4) is 0 Å². The summed E-state index contributed by atoms with van der Waals surface area (Å²) in [5.41, 5.74) is 3.43. The van der Waals surface area contributed by atoms with Gasteiger partial charge >= 0.3 is 0 Å². The van der Waals surface area contributed by atoms with Crippen molar-refractivity contribution < 1.29 is 9.59 Å². The summed E-state index contributed by atoms with van der Waals surface area (Å²) in [7, 11) is 0. The second-order valence-corrected chi connectivity index (χ2v) is 8.36. The van der Waals surface area contributed by atoms with Crippen LogP contribution in [0.5, 0.6) is 0 Å². The molecular weight excluding hydrogens is 380 g/mol. The van der Waals surface area contributed by atoms with E-state index in [2.05, 4.69) is 34.4 Å². The molecule has 0 bridgehead atoms. The minimum absolute atomic E-state index is 0.131. The lowest BCUT2D eigenvalue weighted by Crippen LogP contribution is -2.15. The molecule has 6 nitrogen and oxygen atoms in total. The van der Waals surface area contributed by atoms with Crippen LogP contribution in [0, 0.1) is 20.8 Å². The Kier molecular flexibility index (Phi) is 5.76. The minimum atomic E-state index is -0.147. The Morgan fingerprint density at radius 1 is 1.15 bits per heavy atom. The van der Waals surface area contributed by atoms with E-state index in [4.69, 9.17) is 0 Å². The zero-order valence-electron chi connectivity index (χ0n) is 15.5. The third kappa shape index (κ3) is 4.45. The van der Waals surface area contributed by atoms with E-state index in [9.17, 15) is 9.59 Å². The molecule has 0 saturated heterocycles. The van der Waals surface area contributed by atoms with Crippen LogP contribution >= 0.6 is 23.1 Å². The summed E-state index contributed by atoms with van der Waals surface area (Å²) < 4.78 is 0. The molecule has 8 heteroatoms. The first-order valence-corrected chi connectivity index (χ1v) is 10.2. The quantitative estimate of drug-likeness (QED) is 0.493. The van der Waals surface area contributed by atoms with Gasteiger partial charge in [0.1, 0.15) is 16.2 Å². The predicted molar refractivity (Wildman–Crippen MR) is 112 cm³/mol. The van der Waals surface area contributed by atoms with E-state index in [-0.39, 0.29) is 17.6 Å². The lowest BCUT2D eigenvalue weighted by atomic mass is 10.2. The Morgan fingerprint density at radius 3 is 2.67 bits per heavy atom. The zero-order valence-corrected chi connectivity index (χ0v) is 17.2. The fraction of sp³-hybridized carbons (Fsp3) is 0.263. The van der Waals surface area contributed by atoms with Gasteiger partial charge < -0.3 is 10.6 Å². The van der Waals surface area contributed by atoms with Crippen molar-refractivity contribution in [1.29, 1.82) is 0 Å². The number of aryl methyl sites for hydroxylation is 3. The van der Waals surface area contributed by atoms with E-state index in [1.807, 2.05) is 19.1 Å². The second-order valence-electron chi connectivity index (χ2n) is 6.19. The van der Waals surface area contributed by atoms with Crippen molar-refractivity contribution in [1.82, 2.24) is 9.97 Å². The van der Waals surface area contributed by atoms with Crippen LogP contribution in [0.4, 0.5) is 11.4 Å². The zero-order chi connectivity index (χ0) is 19.6. The summed E-state index contributed by atoms with van der Waals surface area (Å²) in [6.07, 6.45) is 1.54. The maximum absolute atomic E-state index is 12.4. The first-order chi connectivity index (χ1) is 12.8. The van der Waals surface area contributed by atoms with Crippen LogP contribution in [-0.2, 0) is 9.59 Å². The number of nitrogens with zero attached hydrogens (tertiary/aromatic N) is 2. The van der Waals surface area contributed by atoms with Crippen LogP contribution < -0.4 is 10.6 Å². The van der Waals surface area contributed by atoms with Gasteiger partial charge in [0.05, 0.1) is 5.75 Å². The first kappa shape index (κ1) is 19.3. The fourth-order valence-electron chi connectivity index (χ4n) is 2.61. The lowest BCUT2D eigenvalue weighted by molar-refractivity contribution is -0.114. The highest BCUT2D eigenvalue weighted by atomic mass is 32.2. The second kappa shape index (κ2) is 8.06. The molecule has 2 N–H and O–H groups in total. The van der Waals surface area contributed by atoms with Gasteiger partial charge in [-0.15, -0.1) is 11.3 Å². The van der Waals surface area contributed by atoms with E-state index in [1.54, 1.807) is 17.4 Å². The molecule has 0 fully saturated rings. The summed E-state index contributed by atoms with van der Waals surface area (Å²) >= 11 is 3.03. The largest absolute Gasteiger partial charge is 0.326 e. The van der Waals surface area contributed by atoms with Gasteiger partial charge in [0, 0.05) is 28.6 Å². The van der Waals surface area contributed by atoms with Crippen LogP contribution in [0.15, 0.2) is 29.6 Å². The minimum Gasteiger partial charge on any atom is -0.326 e. The number of carbonyl (C=O) groups excluding carboxylic acids is 2. The number of anilines is 2. The number of benzene rings is 1. The number of carbonyl (C=O) groups is 2. The molecule has 2 aromatic heterocycles. The standard InChI is InChI=1S/C19H20N4O2S2/c1-10-5-6-14(7-15(10)22-13(4)24)23-16(25)8-26-18-17-11(2)12(3)27-19(17)21-9-20-18/h5-7,9H,8H2,1-4H3,(H,22,24)(H,23,25). The van der Waals surface area contributed by atoms with E-state index < -0.39 is 0 Å².